The predicted octanol–water partition coefficient (Wildman–Crippen LogP) is 2.73. The molecule has 0 aliphatic heterocycles. The summed E-state index contributed by atoms with van der Waals surface area (Å²) >= 11 is 3.36. The summed E-state index contributed by atoms with van der Waals surface area (Å²) in [6.07, 6.45) is 1.76. The van der Waals surface area contributed by atoms with Crippen LogP contribution in [-0.4, -0.2) is 17.0 Å². The van der Waals surface area contributed by atoms with Crippen molar-refractivity contribution in [3.05, 3.63) is 29.8 Å². The van der Waals surface area contributed by atoms with Crippen molar-refractivity contribution in [3.63, 3.8) is 0 Å². The average molecular weight is 223 g/mol. The molecule has 0 spiro atoms. The van der Waals surface area contributed by atoms with E-state index in [4.69, 9.17) is 0 Å². The van der Waals surface area contributed by atoms with Gasteiger partial charge in [0.2, 0.25) is 5.95 Å². The zero-order valence-electron chi connectivity index (χ0n) is 7.60. The SMILES string of the molecule is CNc1nccc(Sc2cccs2)n1. The summed E-state index contributed by atoms with van der Waals surface area (Å²) in [5.74, 6) is 0.659. The van der Waals surface area contributed by atoms with E-state index >= 15 is 0 Å². The van der Waals surface area contributed by atoms with E-state index in [0.717, 1.165) is 5.03 Å². The van der Waals surface area contributed by atoms with Gasteiger partial charge in [-0.2, -0.15) is 0 Å². The molecule has 0 amide bonds. The average Bonchev–Trinajstić information content (AvgIpc) is 2.71. The first kappa shape index (κ1) is 9.48. The second-order valence-corrected chi connectivity index (χ2v) is 4.77. The van der Waals surface area contributed by atoms with Crippen LogP contribution >= 0.6 is 23.1 Å². The fraction of sp³-hybridized carbons (Fsp3) is 0.111. The number of nitrogens with one attached hydrogen (secondary N) is 1. The van der Waals surface area contributed by atoms with Crippen molar-refractivity contribution < 1.29 is 0 Å². The first-order valence-corrected chi connectivity index (χ1v) is 5.80. The highest BCUT2D eigenvalue weighted by molar-refractivity contribution is 8.01. The van der Waals surface area contributed by atoms with Crippen LogP contribution in [0.4, 0.5) is 5.95 Å². The van der Waals surface area contributed by atoms with Crippen LogP contribution in [0.2, 0.25) is 0 Å². The summed E-state index contributed by atoms with van der Waals surface area (Å²) in [5.41, 5.74) is 0. The Morgan fingerprint density at radius 1 is 1.43 bits per heavy atom. The van der Waals surface area contributed by atoms with Crippen LogP contribution in [0, 0.1) is 0 Å². The van der Waals surface area contributed by atoms with Crippen molar-refractivity contribution in [3.8, 4) is 0 Å². The lowest BCUT2D eigenvalue weighted by Gasteiger charge is -2.00. The summed E-state index contributed by atoms with van der Waals surface area (Å²) in [6.45, 7) is 0. The molecule has 0 saturated heterocycles. The fourth-order valence-electron chi connectivity index (χ4n) is 0.944. The van der Waals surface area contributed by atoms with Gasteiger partial charge >= 0.3 is 0 Å². The minimum absolute atomic E-state index is 0.659. The first-order valence-electron chi connectivity index (χ1n) is 4.10. The van der Waals surface area contributed by atoms with Gasteiger partial charge in [-0.15, -0.1) is 11.3 Å². The largest absolute Gasteiger partial charge is 0.357 e. The van der Waals surface area contributed by atoms with E-state index in [0.29, 0.717) is 5.95 Å². The number of nitrogens with zero attached hydrogens (tertiary/aromatic N) is 2. The molecule has 0 fully saturated rings. The molecule has 0 aromatic carbocycles. The molecule has 72 valence electrons. The quantitative estimate of drug-likeness (QED) is 0.812. The Morgan fingerprint density at radius 2 is 2.36 bits per heavy atom. The number of anilines is 1. The molecule has 2 heterocycles. The number of rotatable bonds is 3. The van der Waals surface area contributed by atoms with Crippen LogP contribution in [0.1, 0.15) is 0 Å². The number of thiophene rings is 1. The molecular formula is C9H9N3S2. The maximum atomic E-state index is 4.31. The molecule has 0 bridgehead atoms. The minimum Gasteiger partial charge on any atom is -0.357 e. The highest BCUT2D eigenvalue weighted by Gasteiger charge is 2.00. The minimum atomic E-state index is 0.659. The Labute approximate surface area is 90.6 Å². The lowest BCUT2D eigenvalue weighted by molar-refractivity contribution is 1.05. The second-order valence-electron chi connectivity index (χ2n) is 2.50. The van der Waals surface area contributed by atoms with Crippen molar-refractivity contribution in [1.29, 1.82) is 0 Å². The van der Waals surface area contributed by atoms with E-state index in [9.17, 15) is 0 Å². The van der Waals surface area contributed by atoms with Crippen molar-refractivity contribution >= 4 is 29.0 Å². The van der Waals surface area contributed by atoms with E-state index in [1.165, 1.54) is 4.21 Å². The van der Waals surface area contributed by atoms with Crippen molar-refractivity contribution in [2.45, 2.75) is 9.24 Å². The zero-order valence-corrected chi connectivity index (χ0v) is 9.23. The van der Waals surface area contributed by atoms with E-state index in [1.807, 2.05) is 19.2 Å². The van der Waals surface area contributed by atoms with Gasteiger partial charge in [0.25, 0.3) is 0 Å². The van der Waals surface area contributed by atoms with Gasteiger partial charge in [-0.05, 0) is 17.5 Å². The zero-order chi connectivity index (χ0) is 9.80. The highest BCUT2D eigenvalue weighted by atomic mass is 32.2. The molecule has 3 nitrogen and oxygen atoms in total. The number of hydrogen-bond acceptors (Lipinski definition) is 5. The number of hydrogen-bond donors (Lipinski definition) is 1. The summed E-state index contributed by atoms with van der Waals surface area (Å²) in [7, 11) is 1.81. The lowest BCUT2D eigenvalue weighted by atomic mass is 10.7. The van der Waals surface area contributed by atoms with Crippen LogP contribution in [0.3, 0.4) is 0 Å². The predicted molar refractivity (Wildman–Crippen MR) is 60.0 cm³/mol. The molecule has 0 aliphatic carbocycles. The molecular weight excluding hydrogens is 214 g/mol. The number of aromatic nitrogens is 2. The van der Waals surface area contributed by atoms with Crippen molar-refractivity contribution in [2.24, 2.45) is 0 Å². The van der Waals surface area contributed by atoms with Gasteiger partial charge in [-0.3, -0.25) is 0 Å². The van der Waals surface area contributed by atoms with Gasteiger partial charge in [-0.25, -0.2) is 9.97 Å². The monoisotopic (exact) mass is 223 g/mol. The molecule has 0 saturated carbocycles. The van der Waals surface area contributed by atoms with Crippen LogP contribution in [0.5, 0.6) is 0 Å². The van der Waals surface area contributed by atoms with Crippen LogP contribution in [0.15, 0.2) is 39.0 Å². The van der Waals surface area contributed by atoms with Gasteiger partial charge in [-0.1, -0.05) is 17.8 Å². The van der Waals surface area contributed by atoms with Crippen LogP contribution in [0.25, 0.3) is 0 Å². The third kappa shape index (κ3) is 2.24. The third-order valence-electron chi connectivity index (χ3n) is 1.55. The smallest absolute Gasteiger partial charge is 0.223 e. The topological polar surface area (TPSA) is 37.8 Å². The van der Waals surface area contributed by atoms with Crippen LogP contribution in [-0.2, 0) is 0 Å². The Balaban J connectivity index is 2.17. The van der Waals surface area contributed by atoms with Gasteiger partial charge in [0.15, 0.2) is 0 Å². The molecule has 0 unspecified atom stereocenters. The molecule has 2 aromatic heterocycles. The maximum absolute atomic E-state index is 4.31. The van der Waals surface area contributed by atoms with Crippen LogP contribution < -0.4 is 5.32 Å². The van der Waals surface area contributed by atoms with Gasteiger partial charge < -0.3 is 5.32 Å². The normalized spacial score (nSPS) is 10.1. The summed E-state index contributed by atoms with van der Waals surface area (Å²) < 4.78 is 1.24. The Bertz CT molecular complexity index is 400. The molecule has 0 atom stereocenters. The molecule has 2 rings (SSSR count). The summed E-state index contributed by atoms with van der Waals surface area (Å²) in [5, 5.41) is 5.94. The Hall–Kier alpha value is -1.07. The Morgan fingerprint density at radius 3 is 3.07 bits per heavy atom. The van der Waals surface area contributed by atoms with Gasteiger partial charge in [0, 0.05) is 13.2 Å². The molecule has 0 radical (unpaired) electrons. The van der Waals surface area contributed by atoms with Gasteiger partial charge in [0.05, 0.1) is 4.21 Å². The maximum Gasteiger partial charge on any atom is 0.223 e. The summed E-state index contributed by atoms with van der Waals surface area (Å²) in [6, 6.07) is 6.02. The van der Waals surface area contributed by atoms with Gasteiger partial charge in [0.1, 0.15) is 5.03 Å². The van der Waals surface area contributed by atoms with E-state index in [-0.39, 0.29) is 0 Å². The third-order valence-corrected chi connectivity index (χ3v) is 3.53. The standard InChI is InChI=1S/C9H9N3S2/c1-10-9-11-5-4-7(12-9)14-8-3-2-6-13-8/h2-6H,1H3,(H,10,11,12). The van der Waals surface area contributed by atoms with Crippen molar-refractivity contribution in [2.75, 3.05) is 12.4 Å². The molecule has 14 heavy (non-hydrogen) atoms. The lowest BCUT2D eigenvalue weighted by Crippen LogP contribution is -1.95. The Kier molecular flexibility index (Phi) is 3.00. The van der Waals surface area contributed by atoms with E-state index in [2.05, 4.69) is 26.7 Å². The van der Waals surface area contributed by atoms with E-state index in [1.54, 1.807) is 29.3 Å². The first-order chi connectivity index (χ1) is 6.88. The summed E-state index contributed by atoms with van der Waals surface area (Å²) in [4.78, 5) is 8.37. The second kappa shape index (κ2) is 4.43. The van der Waals surface area contributed by atoms with E-state index < -0.39 is 0 Å². The molecule has 5 heteroatoms. The molecule has 0 aliphatic rings. The highest BCUT2D eigenvalue weighted by Crippen LogP contribution is 2.29. The fourth-order valence-corrected chi connectivity index (χ4v) is 2.62. The molecule has 1 N–H and O–H groups in total. The van der Waals surface area contributed by atoms with Crippen molar-refractivity contribution in [1.82, 2.24) is 9.97 Å². The molecule has 2 aromatic rings.